The number of benzene rings is 1. The second kappa shape index (κ2) is 9.47. The molecule has 0 saturated carbocycles. The molecule has 7 nitrogen and oxygen atoms in total. The molecule has 0 bridgehead atoms. The molecule has 1 aromatic carbocycles. The van der Waals surface area contributed by atoms with E-state index in [-0.39, 0.29) is 33.6 Å². The van der Waals surface area contributed by atoms with Crippen molar-refractivity contribution in [2.45, 2.75) is 26.4 Å². The second-order valence-electron chi connectivity index (χ2n) is 4.83. The van der Waals surface area contributed by atoms with E-state index in [0.29, 0.717) is 12.8 Å². The third kappa shape index (κ3) is 5.14. The average Bonchev–Trinajstić information content (AvgIpc) is 2.48. The van der Waals surface area contributed by atoms with Crippen LogP contribution in [0, 0.1) is 10.7 Å². The fourth-order valence-electron chi connectivity index (χ4n) is 1.72. The summed E-state index contributed by atoms with van der Waals surface area (Å²) in [5.74, 6) is -1.97. The Bertz CT molecular complexity index is 692. The molecule has 24 heavy (non-hydrogen) atoms. The topological polar surface area (TPSA) is 116 Å². The lowest BCUT2D eigenvalue weighted by atomic mass is 10.1. The summed E-state index contributed by atoms with van der Waals surface area (Å²) in [5, 5.41) is 24.0. The Morgan fingerprint density at radius 2 is 1.62 bits per heavy atom. The van der Waals surface area contributed by atoms with E-state index < -0.39 is 18.0 Å². The Morgan fingerprint density at radius 1 is 1.08 bits per heavy atom. The summed E-state index contributed by atoms with van der Waals surface area (Å²) in [4.78, 5) is 35.8. The van der Waals surface area contributed by atoms with E-state index in [9.17, 15) is 24.6 Å². The van der Waals surface area contributed by atoms with Gasteiger partial charge in [-0.3, -0.25) is 9.59 Å². The quantitative estimate of drug-likeness (QED) is 0.348. The van der Waals surface area contributed by atoms with Gasteiger partial charge in [0.15, 0.2) is 0 Å². The van der Waals surface area contributed by atoms with Crippen LogP contribution >= 0.6 is 67.8 Å². The van der Waals surface area contributed by atoms with Gasteiger partial charge in [-0.25, -0.2) is 4.79 Å². The largest absolute Gasteiger partial charge is 0.478 e. The first-order chi connectivity index (χ1) is 11.1. The molecule has 2 amide bonds. The lowest BCUT2D eigenvalue weighted by Gasteiger charge is -2.18. The van der Waals surface area contributed by atoms with Crippen molar-refractivity contribution in [2.24, 2.45) is 0 Å². The van der Waals surface area contributed by atoms with Gasteiger partial charge in [-0.1, -0.05) is 6.92 Å². The zero-order valence-electron chi connectivity index (χ0n) is 12.7. The first-order valence-corrected chi connectivity index (χ1v) is 10.0. The molecular formula is C14H15I3N2O5. The number of aromatic carboxylic acids is 1. The van der Waals surface area contributed by atoms with Gasteiger partial charge in [0.2, 0.25) is 5.91 Å². The van der Waals surface area contributed by atoms with Gasteiger partial charge in [-0.15, -0.1) is 0 Å². The Balaban J connectivity index is 3.54. The number of anilines is 1. The molecule has 132 valence electrons. The number of rotatable bonds is 6. The molecule has 1 aromatic rings. The molecule has 1 unspecified atom stereocenters. The summed E-state index contributed by atoms with van der Waals surface area (Å²) in [5.41, 5.74) is 0.439. The van der Waals surface area contributed by atoms with Gasteiger partial charge in [-0.05, 0) is 74.7 Å². The number of carbonyl (C=O) groups is 3. The van der Waals surface area contributed by atoms with Crippen molar-refractivity contribution in [3.8, 4) is 0 Å². The number of aliphatic hydroxyl groups excluding tert-OH is 1. The first-order valence-electron chi connectivity index (χ1n) is 6.81. The van der Waals surface area contributed by atoms with Crippen LogP contribution in [0.3, 0.4) is 0 Å². The van der Waals surface area contributed by atoms with E-state index in [0.717, 1.165) is 0 Å². The van der Waals surface area contributed by atoms with Gasteiger partial charge in [0.25, 0.3) is 5.91 Å². The van der Waals surface area contributed by atoms with Crippen LogP contribution in [0.4, 0.5) is 5.69 Å². The monoisotopic (exact) mass is 672 g/mol. The van der Waals surface area contributed by atoms with Crippen LogP contribution in [-0.2, 0) is 4.79 Å². The summed E-state index contributed by atoms with van der Waals surface area (Å²) in [6.07, 6.45) is -0.504. The van der Waals surface area contributed by atoms with E-state index in [4.69, 9.17) is 0 Å². The number of carboxylic acid groups (broad SMARTS) is 1. The van der Waals surface area contributed by atoms with Crippen LogP contribution in [-0.4, -0.2) is 40.6 Å². The molecule has 0 aliphatic rings. The number of hydrogen-bond acceptors (Lipinski definition) is 4. The minimum Gasteiger partial charge on any atom is -0.478 e. The van der Waals surface area contributed by atoms with Crippen molar-refractivity contribution < 1.29 is 24.6 Å². The molecule has 0 heterocycles. The Labute approximate surface area is 179 Å². The predicted molar refractivity (Wildman–Crippen MR) is 114 cm³/mol. The summed E-state index contributed by atoms with van der Waals surface area (Å²) in [6, 6.07) is 0. The Kier molecular flexibility index (Phi) is 8.61. The number of halogens is 3. The van der Waals surface area contributed by atoms with Crippen molar-refractivity contribution in [2.75, 3.05) is 11.9 Å². The zero-order valence-corrected chi connectivity index (χ0v) is 19.2. The molecule has 1 rings (SSSR count). The molecule has 0 aliphatic heterocycles. The van der Waals surface area contributed by atoms with Crippen molar-refractivity contribution in [1.82, 2.24) is 5.32 Å². The van der Waals surface area contributed by atoms with Gasteiger partial charge in [0.05, 0.1) is 30.1 Å². The Morgan fingerprint density at radius 3 is 2.08 bits per heavy atom. The maximum absolute atomic E-state index is 12.4. The maximum atomic E-state index is 12.4. The highest BCUT2D eigenvalue weighted by atomic mass is 127. The van der Waals surface area contributed by atoms with Crippen molar-refractivity contribution in [3.63, 3.8) is 0 Å². The van der Waals surface area contributed by atoms with Crippen LogP contribution in [0.5, 0.6) is 0 Å². The molecule has 0 aliphatic carbocycles. The van der Waals surface area contributed by atoms with Crippen molar-refractivity contribution >= 4 is 91.2 Å². The Hall–Kier alpha value is -0.220. The predicted octanol–water partition coefficient (Wildman–Crippen LogP) is 2.66. The summed E-state index contributed by atoms with van der Waals surface area (Å²) < 4.78 is 1.10. The van der Waals surface area contributed by atoms with E-state index in [1.54, 1.807) is 6.92 Å². The highest BCUT2D eigenvalue weighted by Crippen LogP contribution is 2.35. The molecule has 0 saturated heterocycles. The molecule has 0 radical (unpaired) electrons. The molecule has 1 atom stereocenters. The number of nitrogens with one attached hydrogen (secondary N) is 2. The van der Waals surface area contributed by atoms with Gasteiger partial charge >= 0.3 is 5.97 Å². The third-order valence-corrected chi connectivity index (χ3v) is 6.14. The van der Waals surface area contributed by atoms with Crippen molar-refractivity contribution in [3.05, 3.63) is 21.8 Å². The first kappa shape index (κ1) is 21.8. The molecule has 10 heteroatoms. The lowest BCUT2D eigenvalue weighted by Crippen LogP contribution is -2.32. The van der Waals surface area contributed by atoms with Crippen LogP contribution in [0.25, 0.3) is 0 Å². The normalized spacial score (nSPS) is 11.8. The fraction of sp³-hybridized carbons (Fsp3) is 0.357. The number of carboxylic acids is 1. The zero-order chi connectivity index (χ0) is 18.6. The average molecular weight is 672 g/mol. The van der Waals surface area contributed by atoms with Crippen LogP contribution in [0.2, 0.25) is 0 Å². The van der Waals surface area contributed by atoms with Crippen LogP contribution in [0.1, 0.15) is 41.0 Å². The minimum atomic E-state index is -1.18. The maximum Gasteiger partial charge on any atom is 0.337 e. The number of aliphatic hydroxyl groups is 1. The fourth-order valence-corrected chi connectivity index (χ4v) is 6.10. The number of amides is 2. The highest BCUT2D eigenvalue weighted by Gasteiger charge is 2.28. The van der Waals surface area contributed by atoms with Gasteiger partial charge in [0, 0.05) is 16.5 Å². The van der Waals surface area contributed by atoms with E-state index in [1.165, 1.54) is 6.92 Å². The van der Waals surface area contributed by atoms with Gasteiger partial charge < -0.3 is 20.8 Å². The molecule has 4 N–H and O–H groups in total. The van der Waals surface area contributed by atoms with Crippen molar-refractivity contribution in [1.29, 1.82) is 0 Å². The number of carbonyl (C=O) groups excluding carboxylic acids is 2. The second-order valence-corrected chi connectivity index (χ2v) is 8.07. The standard InChI is InChI=1S/C14H15I3N2O5/c1-3-6(21)19-12-10(16)7(13(22)18-4-5(2)20)9(15)8(11(12)17)14(23)24/h5,20H,3-4H2,1-2H3,(H,18,22)(H,19,21)(H,23,24). The van der Waals surface area contributed by atoms with E-state index in [1.807, 2.05) is 67.8 Å². The highest BCUT2D eigenvalue weighted by molar-refractivity contribution is 14.1. The molecular weight excluding hydrogens is 657 g/mol. The summed E-state index contributed by atoms with van der Waals surface area (Å²) >= 11 is 5.58. The van der Waals surface area contributed by atoms with E-state index >= 15 is 0 Å². The summed E-state index contributed by atoms with van der Waals surface area (Å²) in [7, 11) is 0. The molecule has 0 spiro atoms. The molecule has 0 fully saturated rings. The smallest absolute Gasteiger partial charge is 0.337 e. The van der Waals surface area contributed by atoms with Gasteiger partial charge in [-0.2, -0.15) is 0 Å². The van der Waals surface area contributed by atoms with Crippen LogP contribution < -0.4 is 10.6 Å². The van der Waals surface area contributed by atoms with Gasteiger partial charge in [0.1, 0.15) is 0 Å². The third-order valence-electron chi connectivity index (χ3n) is 2.90. The minimum absolute atomic E-state index is 0.0368. The van der Waals surface area contributed by atoms with E-state index in [2.05, 4.69) is 10.6 Å². The number of hydrogen-bond donors (Lipinski definition) is 4. The molecule has 0 aromatic heterocycles. The lowest BCUT2D eigenvalue weighted by molar-refractivity contribution is -0.115. The SMILES string of the molecule is CCC(=O)Nc1c(I)c(C(=O)O)c(I)c(C(=O)NCC(C)O)c1I. The summed E-state index contributed by atoms with van der Waals surface area (Å²) in [6.45, 7) is 3.24. The van der Waals surface area contributed by atoms with Crippen LogP contribution in [0.15, 0.2) is 0 Å².